The lowest BCUT2D eigenvalue weighted by atomic mass is 10.1. The first-order valence-corrected chi connectivity index (χ1v) is 11.6. The minimum Gasteiger partial charge on any atom is -0.480 e. The maximum atomic E-state index is 12.4. The van der Waals surface area contributed by atoms with Crippen LogP contribution in [0.3, 0.4) is 0 Å². The third-order valence-electron chi connectivity index (χ3n) is 6.60. The number of nitrogens with zero attached hydrogens (tertiary/aromatic N) is 5. The molecule has 3 aromatic rings. The van der Waals surface area contributed by atoms with E-state index in [4.69, 9.17) is 9.47 Å². The van der Waals surface area contributed by atoms with Crippen LogP contribution in [0.5, 0.6) is 11.8 Å². The van der Waals surface area contributed by atoms with E-state index in [-0.39, 0.29) is 17.9 Å². The highest BCUT2D eigenvalue weighted by Gasteiger charge is 2.38. The second kappa shape index (κ2) is 8.53. The van der Waals surface area contributed by atoms with Gasteiger partial charge in [-0.1, -0.05) is 12.1 Å². The van der Waals surface area contributed by atoms with Crippen molar-refractivity contribution in [2.75, 3.05) is 35.4 Å². The summed E-state index contributed by atoms with van der Waals surface area (Å²) in [5, 5.41) is 3.15. The van der Waals surface area contributed by atoms with Crippen LogP contribution in [0.15, 0.2) is 42.7 Å². The normalized spacial score (nSPS) is 18.8. The number of pyridine rings is 1. The summed E-state index contributed by atoms with van der Waals surface area (Å²) >= 11 is 0. The summed E-state index contributed by atoms with van der Waals surface area (Å²) in [5.74, 6) is 1.45. The van der Waals surface area contributed by atoms with E-state index in [1.165, 1.54) is 0 Å². The van der Waals surface area contributed by atoms with Crippen molar-refractivity contribution in [3.63, 3.8) is 0 Å². The molecule has 0 spiro atoms. The van der Waals surface area contributed by atoms with Crippen LogP contribution in [-0.2, 0) is 9.59 Å². The number of aromatic nitrogens is 3. The summed E-state index contributed by atoms with van der Waals surface area (Å²) in [6.07, 6.45) is 6.11. The van der Waals surface area contributed by atoms with E-state index >= 15 is 0 Å². The van der Waals surface area contributed by atoms with Crippen LogP contribution in [0.4, 0.5) is 23.0 Å². The van der Waals surface area contributed by atoms with Gasteiger partial charge >= 0.3 is 0 Å². The van der Waals surface area contributed by atoms with Gasteiger partial charge in [0.2, 0.25) is 29.5 Å². The Morgan fingerprint density at radius 1 is 1.09 bits per heavy atom. The molecule has 0 aliphatic carbocycles. The molecule has 3 aliphatic rings. The van der Waals surface area contributed by atoms with Crippen molar-refractivity contribution in [1.82, 2.24) is 15.0 Å². The molecule has 2 fully saturated rings. The maximum absolute atomic E-state index is 12.4. The molecule has 2 saturated heterocycles. The molecule has 0 bridgehead atoms. The topological polar surface area (TPSA) is 110 Å². The summed E-state index contributed by atoms with van der Waals surface area (Å²) in [7, 11) is 1.56. The third-order valence-corrected chi connectivity index (χ3v) is 6.60. The molecule has 1 N–H and O–H groups in total. The Labute approximate surface area is 201 Å². The van der Waals surface area contributed by atoms with Crippen molar-refractivity contribution in [2.24, 2.45) is 0 Å². The van der Waals surface area contributed by atoms with Crippen LogP contribution in [-0.4, -0.2) is 53.1 Å². The second-order valence-electron chi connectivity index (χ2n) is 8.75. The first-order valence-electron chi connectivity index (χ1n) is 11.6. The molecule has 0 unspecified atom stereocenters. The van der Waals surface area contributed by atoms with E-state index < -0.39 is 0 Å². The molecule has 2 amide bonds. The van der Waals surface area contributed by atoms with E-state index in [2.05, 4.69) is 20.3 Å². The lowest BCUT2D eigenvalue weighted by Crippen LogP contribution is -2.40. The van der Waals surface area contributed by atoms with Gasteiger partial charge in [-0.25, -0.2) is 9.97 Å². The Kier molecular flexibility index (Phi) is 5.20. The molecular weight excluding hydrogens is 448 g/mol. The fourth-order valence-corrected chi connectivity index (χ4v) is 4.85. The number of hydrogen-bond donors (Lipinski definition) is 1. The van der Waals surface area contributed by atoms with Crippen LogP contribution in [0, 0.1) is 0 Å². The Morgan fingerprint density at radius 3 is 2.71 bits per heavy atom. The van der Waals surface area contributed by atoms with Gasteiger partial charge in [0.25, 0.3) is 0 Å². The first-order chi connectivity index (χ1) is 17.1. The lowest BCUT2D eigenvalue weighted by Gasteiger charge is -2.31. The number of fused-ring (bicyclic) bond motifs is 3. The molecule has 10 heteroatoms. The zero-order chi connectivity index (χ0) is 23.9. The first kappa shape index (κ1) is 21.3. The van der Waals surface area contributed by atoms with Gasteiger partial charge in [0.1, 0.15) is 12.3 Å². The van der Waals surface area contributed by atoms with Gasteiger partial charge in [-0.3, -0.25) is 9.59 Å². The number of benzene rings is 1. The predicted octanol–water partition coefficient (Wildman–Crippen LogP) is 3.31. The Hall–Kier alpha value is -4.21. The number of carbonyl (C=O) groups excluding carboxylic acids is 2. The van der Waals surface area contributed by atoms with E-state index in [1.54, 1.807) is 29.3 Å². The number of anilines is 4. The predicted molar refractivity (Wildman–Crippen MR) is 129 cm³/mol. The van der Waals surface area contributed by atoms with E-state index in [1.807, 2.05) is 30.3 Å². The monoisotopic (exact) mass is 472 g/mol. The maximum Gasteiger partial charge on any atom is 0.238 e. The zero-order valence-corrected chi connectivity index (χ0v) is 19.2. The fourth-order valence-electron chi connectivity index (χ4n) is 4.85. The highest BCUT2D eigenvalue weighted by Crippen LogP contribution is 2.39. The summed E-state index contributed by atoms with van der Waals surface area (Å²) in [5.41, 5.74) is 3.81. The van der Waals surface area contributed by atoms with Crippen molar-refractivity contribution in [3.05, 3.63) is 42.7 Å². The van der Waals surface area contributed by atoms with Gasteiger partial charge in [-0.05, 0) is 36.6 Å². The van der Waals surface area contributed by atoms with Crippen molar-refractivity contribution in [2.45, 2.75) is 31.7 Å². The summed E-state index contributed by atoms with van der Waals surface area (Å²) in [6.45, 7) is 1.22. The molecule has 1 aromatic carbocycles. The van der Waals surface area contributed by atoms with Gasteiger partial charge in [0.05, 0.1) is 30.6 Å². The van der Waals surface area contributed by atoms with Crippen molar-refractivity contribution < 1.29 is 19.1 Å². The molecule has 1 atom stereocenters. The molecule has 5 heterocycles. The molecule has 2 aromatic heterocycles. The van der Waals surface area contributed by atoms with Gasteiger partial charge in [0, 0.05) is 31.3 Å². The quantitative estimate of drug-likeness (QED) is 0.602. The highest BCUT2D eigenvalue weighted by atomic mass is 16.5. The van der Waals surface area contributed by atoms with E-state index in [9.17, 15) is 9.59 Å². The second-order valence-corrected chi connectivity index (χ2v) is 8.75. The smallest absolute Gasteiger partial charge is 0.238 e. The fraction of sp³-hybridized carbons (Fsp3) is 0.320. The van der Waals surface area contributed by atoms with Crippen LogP contribution < -0.4 is 24.6 Å². The summed E-state index contributed by atoms with van der Waals surface area (Å²) in [6, 6.07) is 9.62. The zero-order valence-electron chi connectivity index (χ0n) is 19.2. The molecule has 0 radical (unpaired) electrons. The highest BCUT2D eigenvalue weighted by molar-refractivity contribution is 5.98. The number of hydrogen-bond acceptors (Lipinski definition) is 8. The molecule has 3 aliphatic heterocycles. The Balaban J connectivity index is 1.24. The number of amides is 2. The number of nitrogens with one attached hydrogen (secondary N) is 1. The minimum absolute atomic E-state index is 0.0534. The SMILES string of the molecule is COc1nc(Nc2cnc3c(c2)N2C(=O)CC[C@H]2CO3)ncc1-c1ccc(N2CCCC2=O)cc1. The molecule has 178 valence electrons. The molecule has 10 nitrogen and oxygen atoms in total. The van der Waals surface area contributed by atoms with Crippen LogP contribution >= 0.6 is 0 Å². The van der Waals surface area contributed by atoms with Crippen molar-refractivity contribution in [1.29, 1.82) is 0 Å². The molecule has 6 rings (SSSR count). The largest absolute Gasteiger partial charge is 0.480 e. The minimum atomic E-state index is 0.0534. The van der Waals surface area contributed by atoms with Crippen LogP contribution in [0.2, 0.25) is 0 Å². The van der Waals surface area contributed by atoms with E-state index in [0.717, 1.165) is 36.2 Å². The number of carbonyl (C=O) groups is 2. The van der Waals surface area contributed by atoms with Crippen molar-refractivity contribution in [3.8, 4) is 22.9 Å². The molecule has 35 heavy (non-hydrogen) atoms. The van der Waals surface area contributed by atoms with E-state index in [0.29, 0.717) is 48.5 Å². The number of ether oxygens (including phenoxy) is 2. The number of rotatable bonds is 5. The van der Waals surface area contributed by atoms with Crippen LogP contribution in [0.1, 0.15) is 25.7 Å². The summed E-state index contributed by atoms with van der Waals surface area (Å²) in [4.78, 5) is 41.3. The number of methoxy groups -OCH3 is 1. The van der Waals surface area contributed by atoms with Gasteiger partial charge in [-0.2, -0.15) is 4.98 Å². The van der Waals surface area contributed by atoms with Crippen molar-refractivity contribution >= 4 is 34.8 Å². The average molecular weight is 473 g/mol. The average Bonchev–Trinajstić information content (AvgIpc) is 3.49. The Morgan fingerprint density at radius 2 is 1.94 bits per heavy atom. The lowest BCUT2D eigenvalue weighted by molar-refractivity contribution is -0.118. The third kappa shape index (κ3) is 3.80. The summed E-state index contributed by atoms with van der Waals surface area (Å²) < 4.78 is 11.3. The standard InChI is InChI=1S/C25H24N6O4/c1-34-23-19(15-4-6-17(7-5-15)30-10-2-3-21(30)32)13-27-25(29-23)28-16-11-20-24(26-12-16)35-14-18-8-9-22(33)31(18)20/h4-7,11-13,18H,2-3,8-10,14H2,1H3,(H,27,28,29)/t18-/m0/s1. The molecule has 0 saturated carbocycles. The van der Waals surface area contributed by atoms with Crippen LogP contribution in [0.25, 0.3) is 11.1 Å². The van der Waals surface area contributed by atoms with Gasteiger partial charge in [0.15, 0.2) is 0 Å². The van der Waals surface area contributed by atoms with Gasteiger partial charge in [-0.15, -0.1) is 0 Å². The van der Waals surface area contributed by atoms with Gasteiger partial charge < -0.3 is 24.6 Å². The molecular formula is C25H24N6O4. The Bertz CT molecular complexity index is 1310.